The fraction of sp³-hybridized carbons (Fsp3) is 0.115. The predicted molar refractivity (Wildman–Crippen MR) is 137 cm³/mol. The van der Waals surface area contributed by atoms with Gasteiger partial charge in [-0.05, 0) is 48.0 Å². The van der Waals surface area contributed by atoms with Crippen LogP contribution in [0.3, 0.4) is 0 Å². The molecule has 0 aliphatic rings. The maximum absolute atomic E-state index is 13.4. The van der Waals surface area contributed by atoms with Gasteiger partial charge in [0.1, 0.15) is 6.04 Å². The molecule has 0 radical (unpaired) electrons. The molecule has 3 aromatic rings. The Morgan fingerprint density at radius 3 is 2.27 bits per heavy atom. The maximum atomic E-state index is 13.4. The average molecular weight is 523 g/mol. The maximum Gasteiger partial charge on any atom is 0.335 e. The normalized spacial score (nSPS) is 11.1. The van der Waals surface area contributed by atoms with Gasteiger partial charge in [-0.25, -0.2) is 9.80 Å². The number of nitrogens with zero attached hydrogens (tertiary/aromatic N) is 1. The molecule has 3 aromatic carbocycles. The number of carboxylic acid groups (broad SMARTS) is 1. The number of carbonyl (C=O) groups excluding carboxylic acids is 4. The zero-order valence-electron chi connectivity index (χ0n) is 19.6. The molecule has 190 valence electrons. The molecule has 0 aliphatic carbocycles. The summed E-state index contributed by atoms with van der Waals surface area (Å²) in [6.45, 7) is 0. The fourth-order valence-electron chi connectivity index (χ4n) is 3.48. The number of nitrogens with one attached hydrogen (secondary N) is 3. The number of amides is 3. The third-order valence-corrected chi connectivity index (χ3v) is 5.55. The summed E-state index contributed by atoms with van der Waals surface area (Å²) in [4.78, 5) is 61.3. The Labute approximate surface area is 217 Å². The summed E-state index contributed by atoms with van der Waals surface area (Å²) in [5.74, 6) is -3.35. The molecule has 0 bridgehead atoms. The van der Waals surface area contributed by atoms with Gasteiger partial charge >= 0.3 is 11.9 Å². The summed E-state index contributed by atoms with van der Waals surface area (Å²) in [6, 6.07) is 17.3. The lowest BCUT2D eigenvalue weighted by atomic mass is 10.0. The predicted octanol–water partition coefficient (Wildman–Crippen LogP) is 3.00. The molecule has 1 unspecified atom stereocenters. The molecule has 0 spiro atoms. The van der Waals surface area contributed by atoms with Crippen molar-refractivity contribution in [3.63, 3.8) is 0 Å². The Balaban J connectivity index is 2.01. The van der Waals surface area contributed by atoms with E-state index in [0.29, 0.717) is 5.56 Å². The van der Waals surface area contributed by atoms with Gasteiger partial charge in [-0.15, -0.1) is 0 Å². The van der Waals surface area contributed by atoms with Crippen LogP contribution in [-0.2, 0) is 20.8 Å². The number of carboxylic acids is 1. The summed E-state index contributed by atoms with van der Waals surface area (Å²) in [5, 5.41) is 15.3. The topological polar surface area (TPSA) is 145 Å². The van der Waals surface area contributed by atoms with Crippen LogP contribution in [0.25, 0.3) is 0 Å². The number of aldehydes is 1. The van der Waals surface area contributed by atoms with Crippen molar-refractivity contribution >= 4 is 53.0 Å². The minimum Gasteiger partial charge on any atom is -0.478 e. The molecule has 0 heterocycles. The van der Waals surface area contributed by atoms with Gasteiger partial charge in [-0.2, -0.15) is 0 Å². The van der Waals surface area contributed by atoms with E-state index < -0.39 is 29.7 Å². The molecule has 0 aromatic heterocycles. The summed E-state index contributed by atoms with van der Waals surface area (Å²) in [7, 11) is 1.43. The van der Waals surface area contributed by atoms with Crippen molar-refractivity contribution < 1.29 is 29.1 Å². The van der Waals surface area contributed by atoms with E-state index in [9.17, 15) is 24.0 Å². The van der Waals surface area contributed by atoms with E-state index in [-0.39, 0.29) is 40.2 Å². The number of benzene rings is 3. The van der Waals surface area contributed by atoms with E-state index in [1.54, 1.807) is 30.3 Å². The van der Waals surface area contributed by atoms with E-state index in [1.807, 2.05) is 0 Å². The lowest BCUT2D eigenvalue weighted by molar-refractivity contribution is -0.141. The molecule has 11 heteroatoms. The summed E-state index contributed by atoms with van der Waals surface area (Å²) in [5.41, 5.74) is 3.95. The highest BCUT2D eigenvalue weighted by Gasteiger charge is 2.31. The SMILES string of the molecule is CNC(=O)c1ccc(Cl)cc1NN(C(=O)C=O)C(Cc1ccccc1)C(=O)Nc1ccc(C(=O)O)cc1. The highest BCUT2D eigenvalue weighted by Crippen LogP contribution is 2.24. The van der Waals surface area contributed by atoms with Crippen LogP contribution in [0.15, 0.2) is 72.8 Å². The minimum atomic E-state index is -1.27. The Bertz CT molecular complexity index is 1310. The van der Waals surface area contributed by atoms with Crippen molar-refractivity contribution in [1.29, 1.82) is 0 Å². The van der Waals surface area contributed by atoms with Crippen molar-refractivity contribution in [2.45, 2.75) is 12.5 Å². The first-order valence-electron chi connectivity index (χ1n) is 11.0. The molecule has 4 N–H and O–H groups in total. The Morgan fingerprint density at radius 1 is 1.00 bits per heavy atom. The lowest BCUT2D eigenvalue weighted by Crippen LogP contribution is -2.52. The Morgan fingerprint density at radius 2 is 1.68 bits per heavy atom. The van der Waals surface area contributed by atoms with Crippen LogP contribution in [0.5, 0.6) is 0 Å². The van der Waals surface area contributed by atoms with Crippen LogP contribution >= 0.6 is 11.6 Å². The molecular weight excluding hydrogens is 500 g/mol. The molecular formula is C26H23ClN4O6. The first kappa shape index (κ1) is 26.9. The van der Waals surface area contributed by atoms with Gasteiger partial charge in [-0.3, -0.25) is 24.6 Å². The van der Waals surface area contributed by atoms with Gasteiger partial charge in [-0.1, -0.05) is 41.9 Å². The molecule has 37 heavy (non-hydrogen) atoms. The lowest BCUT2D eigenvalue weighted by Gasteiger charge is -2.31. The molecule has 0 saturated heterocycles. The molecule has 10 nitrogen and oxygen atoms in total. The molecule has 3 amide bonds. The van der Waals surface area contributed by atoms with Crippen molar-refractivity contribution in [1.82, 2.24) is 10.3 Å². The number of halogens is 1. The molecule has 0 saturated carbocycles. The quantitative estimate of drug-likeness (QED) is 0.182. The number of carbonyl (C=O) groups is 5. The fourth-order valence-corrected chi connectivity index (χ4v) is 3.65. The number of hydrazine groups is 1. The van der Waals surface area contributed by atoms with Gasteiger partial charge in [0.2, 0.25) is 12.2 Å². The van der Waals surface area contributed by atoms with Crippen LogP contribution in [0.4, 0.5) is 11.4 Å². The van der Waals surface area contributed by atoms with Gasteiger partial charge in [0.05, 0.1) is 16.8 Å². The van der Waals surface area contributed by atoms with Gasteiger partial charge < -0.3 is 15.7 Å². The number of hydrogen-bond donors (Lipinski definition) is 4. The summed E-state index contributed by atoms with van der Waals surface area (Å²) < 4.78 is 0. The second-order valence-corrected chi connectivity index (χ2v) is 8.22. The molecule has 3 rings (SSSR count). The average Bonchev–Trinajstić information content (AvgIpc) is 2.90. The van der Waals surface area contributed by atoms with Crippen molar-refractivity contribution in [3.8, 4) is 0 Å². The Kier molecular flexibility index (Phi) is 8.95. The monoisotopic (exact) mass is 522 g/mol. The first-order valence-corrected chi connectivity index (χ1v) is 11.4. The van der Waals surface area contributed by atoms with Crippen LogP contribution in [0.2, 0.25) is 5.02 Å². The van der Waals surface area contributed by atoms with Crippen LogP contribution in [-0.4, -0.2) is 53.2 Å². The van der Waals surface area contributed by atoms with E-state index in [0.717, 1.165) is 5.01 Å². The third-order valence-electron chi connectivity index (χ3n) is 5.32. The van der Waals surface area contributed by atoms with Crippen LogP contribution in [0.1, 0.15) is 26.3 Å². The smallest absolute Gasteiger partial charge is 0.335 e. The van der Waals surface area contributed by atoms with Gasteiger partial charge in [0, 0.05) is 24.2 Å². The van der Waals surface area contributed by atoms with E-state index in [2.05, 4.69) is 16.1 Å². The van der Waals surface area contributed by atoms with Crippen LogP contribution < -0.4 is 16.1 Å². The van der Waals surface area contributed by atoms with E-state index in [1.165, 1.54) is 49.5 Å². The number of anilines is 2. The minimum absolute atomic E-state index is 0.00232. The zero-order valence-corrected chi connectivity index (χ0v) is 20.4. The number of hydrogen-bond acceptors (Lipinski definition) is 6. The van der Waals surface area contributed by atoms with E-state index >= 15 is 0 Å². The largest absolute Gasteiger partial charge is 0.478 e. The third kappa shape index (κ3) is 6.92. The zero-order chi connectivity index (χ0) is 26.9. The summed E-state index contributed by atoms with van der Waals surface area (Å²) >= 11 is 6.11. The van der Waals surface area contributed by atoms with Gasteiger partial charge in [0.25, 0.3) is 5.91 Å². The second kappa shape index (κ2) is 12.3. The number of rotatable bonds is 10. The second-order valence-electron chi connectivity index (χ2n) is 7.78. The standard InChI is InChI=1S/C26H23ClN4O6/c1-28-24(34)20-12-9-18(27)14-21(20)30-31(23(33)15-32)22(13-16-5-3-2-4-6-16)25(35)29-19-10-7-17(8-11-19)26(36)37/h2-12,14-15,22,30H,13H2,1H3,(H,28,34)(H,29,35)(H,36,37). The van der Waals surface area contributed by atoms with Crippen molar-refractivity contribution in [2.75, 3.05) is 17.8 Å². The first-order chi connectivity index (χ1) is 17.7. The highest BCUT2D eigenvalue weighted by atomic mass is 35.5. The molecule has 0 aliphatic heterocycles. The Hall–Kier alpha value is -4.70. The number of aromatic carboxylic acids is 1. The molecule has 1 atom stereocenters. The van der Waals surface area contributed by atoms with Crippen molar-refractivity contribution in [2.24, 2.45) is 0 Å². The summed E-state index contributed by atoms with van der Waals surface area (Å²) in [6.07, 6.45) is 0.0480. The molecule has 0 fully saturated rings. The van der Waals surface area contributed by atoms with E-state index in [4.69, 9.17) is 16.7 Å². The highest BCUT2D eigenvalue weighted by molar-refractivity contribution is 6.31. The van der Waals surface area contributed by atoms with Gasteiger partial charge in [0.15, 0.2) is 0 Å². The van der Waals surface area contributed by atoms with Crippen LogP contribution in [0, 0.1) is 0 Å². The van der Waals surface area contributed by atoms with Crippen molar-refractivity contribution in [3.05, 3.63) is 94.5 Å².